The first-order valence-electron chi connectivity index (χ1n) is 4.13. The van der Waals surface area contributed by atoms with Gasteiger partial charge in [0.2, 0.25) is 0 Å². The Morgan fingerprint density at radius 2 is 2.00 bits per heavy atom. The topological polar surface area (TPSA) is 35.2 Å². The van der Waals surface area contributed by atoms with Gasteiger partial charge in [0.1, 0.15) is 0 Å². The van der Waals surface area contributed by atoms with Gasteiger partial charge in [-0.15, -0.1) is 0 Å². The SMILES string of the molecule is COC(CN)Cc1ccccc1. The van der Waals surface area contributed by atoms with Gasteiger partial charge < -0.3 is 10.5 Å². The van der Waals surface area contributed by atoms with Gasteiger partial charge in [-0.05, 0) is 12.0 Å². The molecule has 0 amide bonds. The van der Waals surface area contributed by atoms with E-state index in [1.807, 2.05) is 18.2 Å². The Morgan fingerprint density at radius 1 is 1.33 bits per heavy atom. The molecule has 0 aromatic heterocycles. The van der Waals surface area contributed by atoms with Crippen molar-refractivity contribution in [2.75, 3.05) is 13.7 Å². The zero-order valence-corrected chi connectivity index (χ0v) is 7.36. The van der Waals surface area contributed by atoms with Crippen LogP contribution in [0.3, 0.4) is 0 Å². The highest BCUT2D eigenvalue weighted by molar-refractivity contribution is 5.15. The Hall–Kier alpha value is -0.860. The lowest BCUT2D eigenvalue weighted by molar-refractivity contribution is 0.110. The summed E-state index contributed by atoms with van der Waals surface area (Å²) in [5.41, 5.74) is 6.78. The van der Waals surface area contributed by atoms with Crippen LogP contribution in [-0.2, 0) is 11.2 Å². The van der Waals surface area contributed by atoms with E-state index in [4.69, 9.17) is 10.5 Å². The van der Waals surface area contributed by atoms with Crippen LogP contribution in [0.1, 0.15) is 5.56 Å². The van der Waals surface area contributed by atoms with Crippen molar-refractivity contribution < 1.29 is 4.74 Å². The van der Waals surface area contributed by atoms with Crippen molar-refractivity contribution in [3.8, 4) is 0 Å². The van der Waals surface area contributed by atoms with Crippen LogP contribution in [0.4, 0.5) is 0 Å². The van der Waals surface area contributed by atoms with E-state index in [2.05, 4.69) is 12.1 Å². The molecule has 1 atom stereocenters. The molecule has 0 bridgehead atoms. The highest BCUT2D eigenvalue weighted by atomic mass is 16.5. The molecular formula is C10H15NO. The van der Waals surface area contributed by atoms with Gasteiger partial charge in [0.15, 0.2) is 0 Å². The molecule has 0 aliphatic heterocycles. The van der Waals surface area contributed by atoms with Crippen LogP contribution in [0.25, 0.3) is 0 Å². The molecule has 1 aromatic carbocycles. The van der Waals surface area contributed by atoms with Crippen molar-refractivity contribution in [1.29, 1.82) is 0 Å². The van der Waals surface area contributed by atoms with E-state index >= 15 is 0 Å². The van der Waals surface area contributed by atoms with Crippen molar-refractivity contribution in [2.24, 2.45) is 5.73 Å². The lowest BCUT2D eigenvalue weighted by Crippen LogP contribution is -2.24. The first kappa shape index (κ1) is 9.23. The Kier molecular flexibility index (Phi) is 3.77. The van der Waals surface area contributed by atoms with Crippen LogP contribution in [0.5, 0.6) is 0 Å². The summed E-state index contributed by atoms with van der Waals surface area (Å²) in [5, 5.41) is 0. The van der Waals surface area contributed by atoms with Crippen LogP contribution < -0.4 is 5.73 Å². The Labute approximate surface area is 73.3 Å². The standard InChI is InChI=1S/C10H15NO/c1-12-10(8-11)7-9-5-3-2-4-6-9/h2-6,10H,7-8,11H2,1H3. The van der Waals surface area contributed by atoms with Crippen LogP contribution in [0.2, 0.25) is 0 Å². The quantitative estimate of drug-likeness (QED) is 0.727. The number of methoxy groups -OCH3 is 1. The number of hydrogen-bond donors (Lipinski definition) is 1. The highest BCUT2D eigenvalue weighted by Crippen LogP contribution is 2.03. The van der Waals surface area contributed by atoms with E-state index in [-0.39, 0.29) is 6.10 Å². The predicted octanol–water partition coefficient (Wildman–Crippen LogP) is 1.20. The first-order valence-corrected chi connectivity index (χ1v) is 4.13. The maximum absolute atomic E-state index is 5.51. The fraction of sp³-hybridized carbons (Fsp3) is 0.400. The van der Waals surface area contributed by atoms with Crippen LogP contribution in [0.15, 0.2) is 30.3 Å². The maximum atomic E-state index is 5.51. The fourth-order valence-electron chi connectivity index (χ4n) is 1.14. The van der Waals surface area contributed by atoms with Crippen LogP contribution in [0, 0.1) is 0 Å². The molecular weight excluding hydrogens is 150 g/mol. The molecule has 0 aliphatic rings. The van der Waals surface area contributed by atoms with Crippen molar-refractivity contribution in [3.05, 3.63) is 35.9 Å². The lowest BCUT2D eigenvalue weighted by atomic mass is 10.1. The number of ether oxygens (including phenoxy) is 1. The second kappa shape index (κ2) is 4.91. The Balaban J connectivity index is 2.51. The van der Waals surface area contributed by atoms with Gasteiger partial charge in [-0.25, -0.2) is 0 Å². The Morgan fingerprint density at radius 3 is 2.50 bits per heavy atom. The van der Waals surface area contributed by atoms with Gasteiger partial charge in [0.05, 0.1) is 6.10 Å². The molecule has 0 aliphatic carbocycles. The molecule has 0 saturated carbocycles. The third kappa shape index (κ3) is 2.64. The maximum Gasteiger partial charge on any atom is 0.0733 e. The van der Waals surface area contributed by atoms with E-state index in [0.717, 1.165) is 6.42 Å². The first-order chi connectivity index (χ1) is 5.86. The minimum atomic E-state index is 0.146. The number of nitrogens with two attached hydrogens (primary N) is 1. The van der Waals surface area contributed by atoms with E-state index in [1.54, 1.807) is 7.11 Å². The minimum Gasteiger partial charge on any atom is -0.380 e. The van der Waals surface area contributed by atoms with Crippen LogP contribution >= 0.6 is 0 Å². The summed E-state index contributed by atoms with van der Waals surface area (Å²) >= 11 is 0. The van der Waals surface area contributed by atoms with Gasteiger partial charge >= 0.3 is 0 Å². The molecule has 66 valence electrons. The molecule has 1 aromatic rings. The number of benzene rings is 1. The summed E-state index contributed by atoms with van der Waals surface area (Å²) in [4.78, 5) is 0. The molecule has 2 N–H and O–H groups in total. The number of rotatable bonds is 4. The molecule has 0 saturated heterocycles. The van der Waals surface area contributed by atoms with Gasteiger partial charge in [0, 0.05) is 13.7 Å². The number of hydrogen-bond acceptors (Lipinski definition) is 2. The highest BCUT2D eigenvalue weighted by Gasteiger charge is 2.04. The van der Waals surface area contributed by atoms with Crippen molar-refractivity contribution >= 4 is 0 Å². The van der Waals surface area contributed by atoms with E-state index in [0.29, 0.717) is 6.54 Å². The second-order valence-corrected chi connectivity index (χ2v) is 2.78. The average Bonchev–Trinajstić information content (AvgIpc) is 2.16. The summed E-state index contributed by atoms with van der Waals surface area (Å²) in [6.45, 7) is 0.575. The molecule has 0 heterocycles. The van der Waals surface area contributed by atoms with Crippen molar-refractivity contribution in [2.45, 2.75) is 12.5 Å². The molecule has 2 nitrogen and oxygen atoms in total. The van der Waals surface area contributed by atoms with E-state index in [9.17, 15) is 0 Å². The molecule has 0 spiro atoms. The summed E-state index contributed by atoms with van der Waals surface area (Å²) in [7, 11) is 1.69. The van der Waals surface area contributed by atoms with Gasteiger partial charge in [-0.3, -0.25) is 0 Å². The zero-order chi connectivity index (χ0) is 8.81. The van der Waals surface area contributed by atoms with Crippen molar-refractivity contribution in [3.63, 3.8) is 0 Å². The third-order valence-electron chi connectivity index (χ3n) is 1.90. The lowest BCUT2D eigenvalue weighted by Gasteiger charge is -2.11. The molecule has 1 unspecified atom stereocenters. The van der Waals surface area contributed by atoms with Gasteiger partial charge in [-0.2, -0.15) is 0 Å². The minimum absolute atomic E-state index is 0.146. The second-order valence-electron chi connectivity index (χ2n) is 2.78. The summed E-state index contributed by atoms with van der Waals surface area (Å²) in [5.74, 6) is 0. The monoisotopic (exact) mass is 165 g/mol. The Bertz CT molecular complexity index is 206. The molecule has 0 fully saturated rings. The summed E-state index contributed by atoms with van der Waals surface area (Å²) < 4.78 is 5.18. The van der Waals surface area contributed by atoms with Gasteiger partial charge in [0.25, 0.3) is 0 Å². The smallest absolute Gasteiger partial charge is 0.0733 e. The molecule has 0 radical (unpaired) electrons. The van der Waals surface area contributed by atoms with Crippen LogP contribution in [-0.4, -0.2) is 19.8 Å². The third-order valence-corrected chi connectivity index (χ3v) is 1.90. The largest absolute Gasteiger partial charge is 0.380 e. The fourth-order valence-corrected chi connectivity index (χ4v) is 1.14. The van der Waals surface area contributed by atoms with Crippen molar-refractivity contribution in [1.82, 2.24) is 0 Å². The molecule has 12 heavy (non-hydrogen) atoms. The molecule has 2 heteroatoms. The molecule has 1 rings (SSSR count). The van der Waals surface area contributed by atoms with Gasteiger partial charge in [-0.1, -0.05) is 30.3 Å². The summed E-state index contributed by atoms with van der Waals surface area (Å²) in [6, 6.07) is 10.2. The summed E-state index contributed by atoms with van der Waals surface area (Å²) in [6.07, 6.45) is 1.04. The zero-order valence-electron chi connectivity index (χ0n) is 7.36. The predicted molar refractivity (Wildman–Crippen MR) is 50.0 cm³/mol. The normalized spacial score (nSPS) is 12.8. The van der Waals surface area contributed by atoms with E-state index < -0.39 is 0 Å². The van der Waals surface area contributed by atoms with E-state index in [1.165, 1.54) is 5.56 Å². The average molecular weight is 165 g/mol.